The first-order chi connectivity index (χ1) is 6.97. The van der Waals surface area contributed by atoms with Gasteiger partial charge >= 0.3 is 0 Å². The second-order valence-corrected chi connectivity index (χ2v) is 5.37. The molecule has 0 aromatic heterocycles. The Labute approximate surface area is 100.0 Å². The SMILES string of the molecule is Cc1cc(C)c2c(c1C)OC(C)(CBr)C2. The van der Waals surface area contributed by atoms with Crippen molar-refractivity contribution in [1.29, 1.82) is 0 Å². The third-order valence-electron chi connectivity index (χ3n) is 3.30. The van der Waals surface area contributed by atoms with Crippen molar-refractivity contribution in [2.24, 2.45) is 0 Å². The number of aryl methyl sites for hydroxylation is 2. The molecular weight excluding hydrogens is 252 g/mol. The lowest BCUT2D eigenvalue weighted by Gasteiger charge is -2.21. The van der Waals surface area contributed by atoms with E-state index in [-0.39, 0.29) is 5.60 Å². The van der Waals surface area contributed by atoms with E-state index < -0.39 is 0 Å². The van der Waals surface area contributed by atoms with Crippen LogP contribution in [0.2, 0.25) is 0 Å². The number of hydrogen-bond donors (Lipinski definition) is 0. The molecular formula is C13H17BrO. The number of benzene rings is 1. The molecule has 1 atom stereocenters. The molecule has 1 aliphatic heterocycles. The number of fused-ring (bicyclic) bond motifs is 1. The van der Waals surface area contributed by atoms with Crippen molar-refractivity contribution < 1.29 is 4.74 Å². The van der Waals surface area contributed by atoms with Gasteiger partial charge in [-0.1, -0.05) is 22.0 Å². The van der Waals surface area contributed by atoms with Gasteiger partial charge in [0, 0.05) is 17.3 Å². The van der Waals surface area contributed by atoms with E-state index in [1.54, 1.807) is 0 Å². The van der Waals surface area contributed by atoms with E-state index in [1.807, 2.05) is 0 Å². The summed E-state index contributed by atoms with van der Waals surface area (Å²) >= 11 is 3.53. The Morgan fingerprint density at radius 2 is 2.00 bits per heavy atom. The monoisotopic (exact) mass is 268 g/mol. The number of hydrogen-bond acceptors (Lipinski definition) is 1. The summed E-state index contributed by atoms with van der Waals surface area (Å²) in [6, 6.07) is 2.26. The fraction of sp³-hybridized carbons (Fsp3) is 0.538. The van der Waals surface area contributed by atoms with Crippen molar-refractivity contribution in [2.75, 3.05) is 5.33 Å². The standard InChI is InChI=1S/C13H17BrO/c1-8-5-9(2)11-6-13(4,7-14)15-12(11)10(8)3/h5H,6-7H2,1-4H3. The van der Waals surface area contributed by atoms with Gasteiger partial charge in [0.05, 0.1) is 0 Å². The molecule has 2 rings (SSSR count). The minimum atomic E-state index is -0.0638. The smallest absolute Gasteiger partial charge is 0.126 e. The van der Waals surface area contributed by atoms with Crippen LogP contribution in [0.15, 0.2) is 6.07 Å². The predicted molar refractivity (Wildman–Crippen MR) is 67.2 cm³/mol. The van der Waals surface area contributed by atoms with Crippen molar-refractivity contribution in [3.8, 4) is 5.75 Å². The summed E-state index contributed by atoms with van der Waals surface area (Å²) < 4.78 is 6.09. The fourth-order valence-electron chi connectivity index (χ4n) is 2.19. The molecule has 1 unspecified atom stereocenters. The number of halogens is 1. The summed E-state index contributed by atoms with van der Waals surface area (Å²) in [5.74, 6) is 1.12. The van der Waals surface area contributed by atoms with Crippen molar-refractivity contribution in [3.63, 3.8) is 0 Å². The van der Waals surface area contributed by atoms with Gasteiger partial charge in [0.2, 0.25) is 0 Å². The van der Waals surface area contributed by atoms with Gasteiger partial charge in [0.25, 0.3) is 0 Å². The maximum atomic E-state index is 6.09. The Morgan fingerprint density at radius 3 is 2.60 bits per heavy atom. The number of alkyl halides is 1. The highest BCUT2D eigenvalue weighted by molar-refractivity contribution is 9.09. The zero-order chi connectivity index (χ0) is 11.2. The van der Waals surface area contributed by atoms with Crippen molar-refractivity contribution >= 4 is 15.9 Å². The lowest BCUT2D eigenvalue weighted by atomic mass is 9.94. The molecule has 0 aliphatic carbocycles. The van der Waals surface area contributed by atoms with Gasteiger partial charge in [-0.2, -0.15) is 0 Å². The van der Waals surface area contributed by atoms with E-state index in [1.165, 1.54) is 22.3 Å². The average molecular weight is 269 g/mol. The van der Waals surface area contributed by atoms with Gasteiger partial charge in [-0.15, -0.1) is 0 Å². The van der Waals surface area contributed by atoms with Crippen LogP contribution in [0.4, 0.5) is 0 Å². The van der Waals surface area contributed by atoms with Crippen LogP contribution in [-0.4, -0.2) is 10.9 Å². The molecule has 0 bridgehead atoms. The summed E-state index contributed by atoms with van der Waals surface area (Å²) in [7, 11) is 0. The maximum absolute atomic E-state index is 6.09. The molecule has 0 radical (unpaired) electrons. The first-order valence-electron chi connectivity index (χ1n) is 5.31. The summed E-state index contributed by atoms with van der Waals surface area (Å²) in [5, 5.41) is 0.882. The summed E-state index contributed by atoms with van der Waals surface area (Å²) in [6.45, 7) is 8.63. The van der Waals surface area contributed by atoms with Crippen LogP contribution in [0, 0.1) is 20.8 Å². The second kappa shape index (κ2) is 3.51. The van der Waals surface area contributed by atoms with Crippen LogP contribution in [0.3, 0.4) is 0 Å². The molecule has 0 amide bonds. The second-order valence-electron chi connectivity index (χ2n) is 4.81. The fourth-order valence-corrected chi connectivity index (χ4v) is 2.51. The first kappa shape index (κ1) is 11.0. The number of ether oxygens (including phenoxy) is 1. The minimum absolute atomic E-state index is 0.0638. The Hall–Kier alpha value is -0.500. The van der Waals surface area contributed by atoms with Crippen molar-refractivity contribution in [2.45, 2.75) is 39.7 Å². The Kier molecular flexibility index (Phi) is 2.58. The van der Waals surface area contributed by atoms with Gasteiger partial charge in [-0.3, -0.25) is 0 Å². The van der Waals surface area contributed by atoms with Gasteiger partial charge < -0.3 is 4.74 Å². The maximum Gasteiger partial charge on any atom is 0.126 e. The zero-order valence-corrected chi connectivity index (χ0v) is 11.4. The van der Waals surface area contributed by atoms with Gasteiger partial charge in [0.15, 0.2) is 0 Å². The van der Waals surface area contributed by atoms with Crippen LogP contribution in [-0.2, 0) is 6.42 Å². The summed E-state index contributed by atoms with van der Waals surface area (Å²) in [6.07, 6.45) is 1.01. The predicted octanol–water partition coefficient (Wildman–Crippen LogP) is 3.70. The summed E-state index contributed by atoms with van der Waals surface area (Å²) in [4.78, 5) is 0. The molecule has 1 aliphatic rings. The van der Waals surface area contributed by atoms with E-state index in [9.17, 15) is 0 Å². The molecule has 0 spiro atoms. The molecule has 15 heavy (non-hydrogen) atoms. The highest BCUT2D eigenvalue weighted by Crippen LogP contribution is 2.41. The molecule has 82 valence electrons. The highest BCUT2D eigenvalue weighted by Gasteiger charge is 2.35. The van der Waals surface area contributed by atoms with E-state index in [2.05, 4.69) is 49.7 Å². The molecule has 1 heterocycles. The van der Waals surface area contributed by atoms with E-state index in [4.69, 9.17) is 4.74 Å². The van der Waals surface area contributed by atoms with Crippen LogP contribution in [0.25, 0.3) is 0 Å². The molecule has 0 fully saturated rings. The Bertz CT molecular complexity index is 411. The van der Waals surface area contributed by atoms with Crippen LogP contribution < -0.4 is 4.74 Å². The highest BCUT2D eigenvalue weighted by atomic mass is 79.9. The van der Waals surface area contributed by atoms with Crippen molar-refractivity contribution in [3.05, 3.63) is 28.3 Å². The van der Waals surface area contributed by atoms with E-state index >= 15 is 0 Å². The molecule has 2 heteroatoms. The lowest BCUT2D eigenvalue weighted by molar-refractivity contribution is 0.144. The zero-order valence-electron chi connectivity index (χ0n) is 9.78. The Balaban J connectivity index is 2.54. The lowest BCUT2D eigenvalue weighted by Crippen LogP contribution is -2.32. The van der Waals surface area contributed by atoms with Crippen molar-refractivity contribution in [1.82, 2.24) is 0 Å². The minimum Gasteiger partial charge on any atom is -0.486 e. The quantitative estimate of drug-likeness (QED) is 0.706. The number of rotatable bonds is 1. The largest absolute Gasteiger partial charge is 0.486 e. The topological polar surface area (TPSA) is 9.23 Å². The molecule has 1 aromatic carbocycles. The average Bonchev–Trinajstić information content (AvgIpc) is 2.55. The molecule has 0 N–H and O–H groups in total. The van der Waals surface area contributed by atoms with Gasteiger partial charge in [-0.05, 0) is 44.4 Å². The molecule has 0 saturated carbocycles. The molecule has 1 aromatic rings. The van der Waals surface area contributed by atoms with Crippen LogP contribution in [0.1, 0.15) is 29.2 Å². The normalized spacial score (nSPS) is 23.8. The molecule has 0 saturated heterocycles. The van der Waals surface area contributed by atoms with Gasteiger partial charge in [-0.25, -0.2) is 0 Å². The van der Waals surface area contributed by atoms with Crippen LogP contribution >= 0.6 is 15.9 Å². The Morgan fingerprint density at radius 1 is 1.33 bits per heavy atom. The first-order valence-corrected chi connectivity index (χ1v) is 6.43. The third-order valence-corrected chi connectivity index (χ3v) is 4.48. The summed E-state index contributed by atoms with van der Waals surface area (Å²) in [5.41, 5.74) is 5.30. The molecule has 1 nitrogen and oxygen atoms in total. The van der Waals surface area contributed by atoms with Crippen LogP contribution in [0.5, 0.6) is 5.75 Å². The third kappa shape index (κ3) is 1.69. The van der Waals surface area contributed by atoms with Gasteiger partial charge in [0.1, 0.15) is 11.4 Å². The van der Waals surface area contributed by atoms with E-state index in [0.717, 1.165) is 17.5 Å². The van der Waals surface area contributed by atoms with E-state index in [0.29, 0.717) is 0 Å².